The molecule has 1 fully saturated rings. The Labute approximate surface area is 176 Å². The zero-order valence-electron chi connectivity index (χ0n) is 16.5. The Morgan fingerprint density at radius 3 is 2.52 bits per heavy atom. The molecule has 1 atom stereocenters. The average Bonchev–Trinajstić information content (AvgIpc) is 2.77. The van der Waals surface area contributed by atoms with Gasteiger partial charge < -0.3 is 25.0 Å². The number of para-hydroxylation sites is 1. The fourth-order valence-corrected chi connectivity index (χ4v) is 3.32. The third-order valence-corrected chi connectivity index (χ3v) is 4.81. The van der Waals surface area contributed by atoms with Gasteiger partial charge in [-0.15, -0.1) is 12.4 Å². The number of nitrogens with one attached hydrogen (secondary N) is 2. The molecule has 0 aliphatic carbocycles. The maximum atomic E-state index is 12.8. The van der Waals surface area contributed by atoms with Crippen molar-refractivity contribution in [2.75, 3.05) is 40.4 Å². The van der Waals surface area contributed by atoms with E-state index in [0.717, 1.165) is 11.3 Å². The first-order chi connectivity index (χ1) is 13.6. The number of benzene rings is 2. The zero-order chi connectivity index (χ0) is 19.9. The number of nitrogens with zero attached hydrogens (tertiary/aromatic N) is 1. The molecule has 2 aromatic rings. The monoisotopic (exact) mass is 419 g/mol. The normalized spacial score (nSPS) is 15.8. The van der Waals surface area contributed by atoms with Crippen LogP contribution in [0.2, 0.25) is 0 Å². The van der Waals surface area contributed by atoms with Crippen molar-refractivity contribution in [2.24, 2.45) is 0 Å². The Balaban J connectivity index is 0.00000300. The van der Waals surface area contributed by atoms with Crippen molar-refractivity contribution in [2.45, 2.75) is 6.04 Å². The third kappa shape index (κ3) is 5.40. The second-order valence-corrected chi connectivity index (χ2v) is 6.46. The van der Waals surface area contributed by atoms with Gasteiger partial charge in [-0.2, -0.15) is 0 Å². The van der Waals surface area contributed by atoms with Gasteiger partial charge in [0.15, 0.2) is 0 Å². The summed E-state index contributed by atoms with van der Waals surface area (Å²) < 4.78 is 10.5. The van der Waals surface area contributed by atoms with Crippen LogP contribution in [-0.2, 0) is 4.79 Å². The minimum absolute atomic E-state index is 0. The van der Waals surface area contributed by atoms with Crippen LogP contribution in [0.15, 0.2) is 48.5 Å². The SMILES string of the molecule is COc1ccc(C(=O)NCC(=O)N2CCNCC2c2ccccc2OC)cc1.Cl. The lowest BCUT2D eigenvalue weighted by molar-refractivity contribution is -0.133. The number of amides is 2. The maximum absolute atomic E-state index is 12.8. The third-order valence-electron chi connectivity index (χ3n) is 4.81. The molecule has 1 unspecified atom stereocenters. The van der Waals surface area contributed by atoms with Crippen molar-refractivity contribution in [3.63, 3.8) is 0 Å². The molecule has 2 amide bonds. The molecule has 156 valence electrons. The number of rotatable bonds is 6. The summed E-state index contributed by atoms with van der Waals surface area (Å²) >= 11 is 0. The van der Waals surface area contributed by atoms with Crippen LogP contribution in [0.4, 0.5) is 0 Å². The number of methoxy groups -OCH3 is 2. The number of ether oxygens (including phenoxy) is 2. The van der Waals surface area contributed by atoms with E-state index < -0.39 is 0 Å². The van der Waals surface area contributed by atoms with E-state index in [2.05, 4.69) is 10.6 Å². The van der Waals surface area contributed by atoms with Crippen LogP contribution in [0.3, 0.4) is 0 Å². The maximum Gasteiger partial charge on any atom is 0.251 e. The summed E-state index contributed by atoms with van der Waals surface area (Å²) in [6, 6.07) is 14.3. The van der Waals surface area contributed by atoms with Gasteiger partial charge in [-0.1, -0.05) is 18.2 Å². The molecule has 1 aliphatic rings. The molecule has 0 bridgehead atoms. The van der Waals surface area contributed by atoms with Gasteiger partial charge in [0.2, 0.25) is 5.91 Å². The van der Waals surface area contributed by atoms with Gasteiger partial charge in [-0.3, -0.25) is 9.59 Å². The molecule has 0 aromatic heterocycles. The van der Waals surface area contributed by atoms with Gasteiger partial charge >= 0.3 is 0 Å². The molecule has 0 radical (unpaired) electrons. The molecule has 1 aliphatic heterocycles. The Bertz CT molecular complexity index is 829. The molecule has 2 N–H and O–H groups in total. The summed E-state index contributed by atoms with van der Waals surface area (Å²) in [4.78, 5) is 27.0. The van der Waals surface area contributed by atoms with Crippen molar-refractivity contribution in [1.29, 1.82) is 0 Å². The summed E-state index contributed by atoms with van der Waals surface area (Å²) in [6.07, 6.45) is 0. The fraction of sp³-hybridized carbons (Fsp3) is 0.333. The number of halogens is 1. The van der Waals surface area contributed by atoms with E-state index in [-0.39, 0.29) is 36.8 Å². The highest BCUT2D eigenvalue weighted by atomic mass is 35.5. The average molecular weight is 420 g/mol. The van der Waals surface area contributed by atoms with E-state index in [9.17, 15) is 9.59 Å². The van der Waals surface area contributed by atoms with Gasteiger partial charge in [0.05, 0.1) is 26.8 Å². The van der Waals surface area contributed by atoms with Gasteiger partial charge in [-0.05, 0) is 30.3 Å². The lowest BCUT2D eigenvalue weighted by atomic mass is 10.0. The molecule has 0 spiro atoms. The predicted octanol–water partition coefficient (Wildman–Crippen LogP) is 2.03. The first kappa shape index (κ1) is 22.5. The van der Waals surface area contributed by atoms with E-state index in [1.165, 1.54) is 0 Å². The molecule has 29 heavy (non-hydrogen) atoms. The van der Waals surface area contributed by atoms with Crippen LogP contribution in [-0.4, -0.2) is 57.1 Å². The Morgan fingerprint density at radius 2 is 1.83 bits per heavy atom. The van der Waals surface area contributed by atoms with Crippen molar-refractivity contribution in [3.8, 4) is 11.5 Å². The van der Waals surface area contributed by atoms with Crippen LogP contribution in [0.1, 0.15) is 22.0 Å². The second kappa shape index (κ2) is 10.7. The number of hydrogen-bond donors (Lipinski definition) is 2. The molecule has 1 saturated heterocycles. The van der Waals surface area contributed by atoms with E-state index >= 15 is 0 Å². The highest BCUT2D eigenvalue weighted by molar-refractivity contribution is 5.96. The number of carbonyl (C=O) groups excluding carboxylic acids is 2. The van der Waals surface area contributed by atoms with Crippen molar-refractivity contribution < 1.29 is 19.1 Å². The molecule has 2 aromatic carbocycles. The van der Waals surface area contributed by atoms with E-state index in [1.807, 2.05) is 24.3 Å². The van der Waals surface area contributed by atoms with Gasteiger partial charge in [-0.25, -0.2) is 0 Å². The number of hydrogen-bond acceptors (Lipinski definition) is 5. The first-order valence-electron chi connectivity index (χ1n) is 9.19. The summed E-state index contributed by atoms with van der Waals surface area (Å²) in [5, 5.41) is 6.03. The Hall–Kier alpha value is -2.77. The molecular weight excluding hydrogens is 394 g/mol. The molecule has 1 heterocycles. The number of piperazine rings is 1. The minimum atomic E-state index is -0.292. The lowest BCUT2D eigenvalue weighted by Crippen LogP contribution is -2.51. The summed E-state index contributed by atoms with van der Waals surface area (Å²) in [6.45, 7) is 1.86. The molecule has 7 nitrogen and oxygen atoms in total. The number of carbonyl (C=O) groups is 2. The standard InChI is InChI=1S/C21H25N3O4.ClH/c1-27-16-9-7-15(8-10-16)21(26)23-14-20(25)24-12-11-22-13-18(24)17-5-3-4-6-19(17)28-2;/h3-10,18,22H,11-14H2,1-2H3,(H,23,26);1H. The molecular formula is C21H26ClN3O4. The van der Waals surface area contributed by atoms with Crippen LogP contribution in [0.25, 0.3) is 0 Å². The molecule has 8 heteroatoms. The fourth-order valence-electron chi connectivity index (χ4n) is 3.32. The smallest absolute Gasteiger partial charge is 0.251 e. The molecule has 0 saturated carbocycles. The van der Waals surface area contributed by atoms with E-state index in [0.29, 0.717) is 30.9 Å². The van der Waals surface area contributed by atoms with Crippen molar-refractivity contribution in [3.05, 3.63) is 59.7 Å². The van der Waals surface area contributed by atoms with Gasteiger partial charge in [0.1, 0.15) is 11.5 Å². The van der Waals surface area contributed by atoms with Gasteiger partial charge in [0.25, 0.3) is 5.91 Å². The van der Waals surface area contributed by atoms with Crippen LogP contribution >= 0.6 is 12.4 Å². The minimum Gasteiger partial charge on any atom is -0.497 e. The molecule has 3 rings (SSSR count). The van der Waals surface area contributed by atoms with Crippen molar-refractivity contribution >= 4 is 24.2 Å². The summed E-state index contributed by atoms with van der Waals surface area (Å²) in [7, 11) is 3.19. The van der Waals surface area contributed by atoms with E-state index in [4.69, 9.17) is 9.47 Å². The summed E-state index contributed by atoms with van der Waals surface area (Å²) in [5.74, 6) is 1.00. The van der Waals surface area contributed by atoms with E-state index in [1.54, 1.807) is 43.4 Å². The largest absolute Gasteiger partial charge is 0.497 e. The predicted molar refractivity (Wildman–Crippen MR) is 113 cm³/mol. The Kier molecular flexibility index (Phi) is 8.30. The summed E-state index contributed by atoms with van der Waals surface area (Å²) in [5.41, 5.74) is 1.43. The zero-order valence-corrected chi connectivity index (χ0v) is 17.3. The van der Waals surface area contributed by atoms with Crippen molar-refractivity contribution in [1.82, 2.24) is 15.5 Å². The van der Waals surface area contributed by atoms with Crippen LogP contribution in [0, 0.1) is 0 Å². The second-order valence-electron chi connectivity index (χ2n) is 6.46. The highest BCUT2D eigenvalue weighted by Crippen LogP contribution is 2.30. The Morgan fingerprint density at radius 1 is 1.10 bits per heavy atom. The topological polar surface area (TPSA) is 79.9 Å². The van der Waals surface area contributed by atoms with Gasteiger partial charge in [0, 0.05) is 30.8 Å². The highest BCUT2D eigenvalue weighted by Gasteiger charge is 2.29. The lowest BCUT2D eigenvalue weighted by Gasteiger charge is -2.37. The first-order valence-corrected chi connectivity index (χ1v) is 9.19. The quantitative estimate of drug-likeness (QED) is 0.749. The van der Waals surface area contributed by atoms with Crippen LogP contribution in [0.5, 0.6) is 11.5 Å². The van der Waals surface area contributed by atoms with Crippen LogP contribution < -0.4 is 20.1 Å².